The van der Waals surface area contributed by atoms with Crippen molar-refractivity contribution < 1.29 is 13.2 Å². The molecule has 1 aromatic carbocycles. The van der Waals surface area contributed by atoms with E-state index < -0.39 is 10.0 Å². The fourth-order valence-electron chi connectivity index (χ4n) is 4.36. The number of carbonyl (C=O) groups excluding carboxylic acids is 1. The van der Waals surface area contributed by atoms with Crippen molar-refractivity contribution >= 4 is 15.9 Å². The smallest absolute Gasteiger partial charge is 0.251 e. The molecule has 0 radical (unpaired) electrons. The molecule has 2 fully saturated rings. The van der Waals surface area contributed by atoms with Gasteiger partial charge in [-0.3, -0.25) is 4.79 Å². The predicted octanol–water partition coefficient (Wildman–Crippen LogP) is 2.54. The molecule has 4 unspecified atom stereocenters. The molecule has 24 heavy (non-hydrogen) atoms. The standard InChI is InChI=1S/C18H26N2O3S/c1-3-19-24(22,23)16-8-6-14(7-9-16)18(21)20-12(2)17-11-13-4-5-15(17)10-13/h6-9,12-13,15,17,19H,3-5,10-11H2,1-2H3,(H,20,21). The molecule has 2 saturated carbocycles. The Bertz CT molecular complexity index is 699. The maximum absolute atomic E-state index is 12.4. The van der Waals surface area contributed by atoms with Crippen LogP contribution in [0.15, 0.2) is 29.2 Å². The summed E-state index contributed by atoms with van der Waals surface area (Å²) in [6.45, 7) is 4.16. The summed E-state index contributed by atoms with van der Waals surface area (Å²) in [7, 11) is -3.48. The highest BCUT2D eigenvalue weighted by Crippen LogP contribution is 2.49. The normalized spacial score (nSPS) is 27.2. The summed E-state index contributed by atoms with van der Waals surface area (Å²) in [6.07, 6.45) is 5.20. The van der Waals surface area contributed by atoms with E-state index in [1.54, 1.807) is 19.1 Å². The number of sulfonamides is 1. The van der Waals surface area contributed by atoms with Gasteiger partial charge < -0.3 is 5.32 Å². The molecular formula is C18H26N2O3S. The van der Waals surface area contributed by atoms with Crippen molar-refractivity contribution in [1.29, 1.82) is 0 Å². The zero-order valence-corrected chi connectivity index (χ0v) is 15.1. The number of hydrogen-bond donors (Lipinski definition) is 2. The van der Waals surface area contributed by atoms with Gasteiger partial charge in [-0.1, -0.05) is 13.3 Å². The quantitative estimate of drug-likeness (QED) is 0.828. The lowest BCUT2D eigenvalue weighted by Crippen LogP contribution is -2.40. The summed E-state index contributed by atoms with van der Waals surface area (Å²) in [6, 6.07) is 6.28. The number of benzene rings is 1. The summed E-state index contributed by atoms with van der Waals surface area (Å²) in [4.78, 5) is 12.6. The summed E-state index contributed by atoms with van der Waals surface area (Å²) in [5, 5.41) is 3.10. The second-order valence-electron chi connectivity index (χ2n) is 7.13. The zero-order chi connectivity index (χ0) is 17.3. The summed E-state index contributed by atoms with van der Waals surface area (Å²) < 4.78 is 26.3. The van der Waals surface area contributed by atoms with Crippen molar-refractivity contribution in [3.8, 4) is 0 Å². The van der Waals surface area contributed by atoms with Crippen LogP contribution in [0.5, 0.6) is 0 Å². The van der Waals surface area contributed by atoms with E-state index >= 15 is 0 Å². The van der Waals surface area contributed by atoms with Gasteiger partial charge in [0.25, 0.3) is 5.91 Å². The van der Waals surface area contributed by atoms with E-state index in [-0.39, 0.29) is 16.8 Å². The Morgan fingerprint density at radius 3 is 2.46 bits per heavy atom. The SMILES string of the molecule is CCNS(=O)(=O)c1ccc(C(=O)NC(C)C2CC3CCC2C3)cc1. The van der Waals surface area contributed by atoms with Crippen LogP contribution in [0.25, 0.3) is 0 Å². The van der Waals surface area contributed by atoms with Crippen LogP contribution in [-0.4, -0.2) is 26.9 Å². The Balaban J connectivity index is 1.63. The molecule has 0 heterocycles. The van der Waals surface area contributed by atoms with E-state index in [0.29, 0.717) is 18.0 Å². The molecule has 2 bridgehead atoms. The fourth-order valence-corrected chi connectivity index (χ4v) is 5.40. The number of carbonyl (C=O) groups is 1. The minimum atomic E-state index is -3.48. The summed E-state index contributed by atoms with van der Waals surface area (Å²) in [5.74, 6) is 2.08. The zero-order valence-electron chi connectivity index (χ0n) is 14.3. The van der Waals surface area contributed by atoms with Crippen LogP contribution in [0, 0.1) is 17.8 Å². The van der Waals surface area contributed by atoms with Gasteiger partial charge in [0.15, 0.2) is 0 Å². The Kier molecular flexibility index (Phi) is 4.97. The van der Waals surface area contributed by atoms with E-state index in [9.17, 15) is 13.2 Å². The second kappa shape index (κ2) is 6.84. The van der Waals surface area contributed by atoms with Gasteiger partial charge >= 0.3 is 0 Å². The van der Waals surface area contributed by atoms with Crippen molar-refractivity contribution in [2.75, 3.05) is 6.54 Å². The predicted molar refractivity (Wildman–Crippen MR) is 93.2 cm³/mol. The first kappa shape index (κ1) is 17.4. The van der Waals surface area contributed by atoms with Gasteiger partial charge in [0, 0.05) is 18.2 Å². The Morgan fingerprint density at radius 2 is 1.92 bits per heavy atom. The lowest BCUT2D eigenvalue weighted by Gasteiger charge is -2.28. The molecule has 3 rings (SSSR count). The number of amides is 1. The van der Waals surface area contributed by atoms with Gasteiger partial charge in [-0.2, -0.15) is 0 Å². The van der Waals surface area contributed by atoms with Crippen LogP contribution in [0.3, 0.4) is 0 Å². The van der Waals surface area contributed by atoms with E-state index in [1.165, 1.54) is 37.8 Å². The largest absolute Gasteiger partial charge is 0.349 e. The highest BCUT2D eigenvalue weighted by molar-refractivity contribution is 7.89. The second-order valence-corrected chi connectivity index (χ2v) is 8.89. The van der Waals surface area contributed by atoms with Gasteiger partial charge in [0.2, 0.25) is 10.0 Å². The van der Waals surface area contributed by atoms with Crippen LogP contribution in [0.2, 0.25) is 0 Å². The van der Waals surface area contributed by atoms with Crippen molar-refractivity contribution in [2.45, 2.75) is 50.5 Å². The highest BCUT2D eigenvalue weighted by Gasteiger charge is 2.42. The molecule has 0 spiro atoms. The molecule has 2 aliphatic rings. The van der Waals surface area contributed by atoms with Crippen LogP contribution >= 0.6 is 0 Å². The first-order valence-corrected chi connectivity index (χ1v) is 10.3. The van der Waals surface area contributed by atoms with Crippen LogP contribution in [0.4, 0.5) is 0 Å². The van der Waals surface area contributed by atoms with Gasteiger partial charge in [-0.15, -0.1) is 0 Å². The molecule has 1 aromatic rings. The summed E-state index contributed by atoms with van der Waals surface area (Å²) in [5.41, 5.74) is 0.500. The van der Waals surface area contributed by atoms with E-state index in [0.717, 1.165) is 11.8 Å². The van der Waals surface area contributed by atoms with Crippen molar-refractivity contribution in [1.82, 2.24) is 10.0 Å². The molecule has 1 amide bonds. The molecule has 5 nitrogen and oxygen atoms in total. The third kappa shape index (κ3) is 3.49. The third-order valence-corrected chi connectivity index (χ3v) is 7.12. The first-order valence-electron chi connectivity index (χ1n) is 8.81. The maximum atomic E-state index is 12.4. The van der Waals surface area contributed by atoms with Crippen LogP contribution < -0.4 is 10.0 Å². The molecule has 6 heteroatoms. The highest BCUT2D eigenvalue weighted by atomic mass is 32.2. The monoisotopic (exact) mass is 350 g/mol. The summed E-state index contributed by atoms with van der Waals surface area (Å²) >= 11 is 0. The van der Waals surface area contributed by atoms with Gasteiger partial charge in [-0.05, 0) is 68.2 Å². The molecule has 4 atom stereocenters. The molecule has 132 valence electrons. The van der Waals surface area contributed by atoms with Crippen LogP contribution in [0.1, 0.15) is 49.9 Å². The molecule has 0 aliphatic heterocycles. The van der Waals surface area contributed by atoms with E-state index in [2.05, 4.69) is 17.0 Å². The molecule has 2 aliphatic carbocycles. The average molecular weight is 350 g/mol. The minimum Gasteiger partial charge on any atom is -0.349 e. The first-order chi connectivity index (χ1) is 11.4. The minimum absolute atomic E-state index is 0.127. The third-order valence-electron chi connectivity index (χ3n) is 5.55. The van der Waals surface area contributed by atoms with Crippen molar-refractivity contribution in [3.05, 3.63) is 29.8 Å². The van der Waals surface area contributed by atoms with Crippen molar-refractivity contribution in [3.63, 3.8) is 0 Å². The lowest BCUT2D eigenvalue weighted by molar-refractivity contribution is 0.0915. The lowest BCUT2D eigenvalue weighted by atomic mass is 9.84. The topological polar surface area (TPSA) is 75.3 Å². The number of rotatable bonds is 6. The number of nitrogens with one attached hydrogen (secondary N) is 2. The molecular weight excluding hydrogens is 324 g/mol. The maximum Gasteiger partial charge on any atom is 0.251 e. The van der Waals surface area contributed by atoms with Crippen molar-refractivity contribution in [2.24, 2.45) is 17.8 Å². The van der Waals surface area contributed by atoms with Gasteiger partial charge in [-0.25, -0.2) is 13.1 Å². The van der Waals surface area contributed by atoms with Crippen LogP contribution in [-0.2, 0) is 10.0 Å². The number of hydrogen-bond acceptors (Lipinski definition) is 3. The average Bonchev–Trinajstić information content (AvgIpc) is 3.18. The van der Waals surface area contributed by atoms with E-state index in [1.807, 2.05) is 0 Å². The molecule has 0 saturated heterocycles. The molecule has 0 aromatic heterocycles. The Labute approximate surface area is 144 Å². The fraction of sp³-hybridized carbons (Fsp3) is 0.611. The Morgan fingerprint density at radius 1 is 1.21 bits per heavy atom. The van der Waals surface area contributed by atoms with E-state index in [4.69, 9.17) is 0 Å². The molecule has 2 N–H and O–H groups in total. The Hall–Kier alpha value is -1.40. The van der Waals surface area contributed by atoms with Gasteiger partial charge in [0.05, 0.1) is 4.90 Å². The van der Waals surface area contributed by atoms with Gasteiger partial charge in [0.1, 0.15) is 0 Å². The number of fused-ring (bicyclic) bond motifs is 2.